The largest absolute Gasteiger partial charge is 0.354 e. The van der Waals surface area contributed by atoms with Crippen molar-refractivity contribution in [2.24, 2.45) is 0 Å². The van der Waals surface area contributed by atoms with E-state index in [-0.39, 0.29) is 0 Å². The number of nitrogens with one attached hydrogen (secondary N) is 1. The fourth-order valence-corrected chi connectivity index (χ4v) is 3.81. The Labute approximate surface area is 130 Å². The summed E-state index contributed by atoms with van der Waals surface area (Å²) in [5.41, 5.74) is 1.17. The summed E-state index contributed by atoms with van der Waals surface area (Å²) in [7, 11) is 0. The van der Waals surface area contributed by atoms with Crippen molar-refractivity contribution in [3.63, 3.8) is 0 Å². The highest BCUT2D eigenvalue weighted by Gasteiger charge is 2.28. The molecule has 0 bridgehead atoms. The van der Waals surface area contributed by atoms with E-state index in [1.54, 1.807) is 6.20 Å². The van der Waals surface area contributed by atoms with Crippen molar-refractivity contribution in [1.82, 2.24) is 10.3 Å². The average Bonchev–Trinajstić information content (AvgIpc) is 3.20. The molecule has 0 aromatic carbocycles. The number of thioether (sulfide) groups is 1. The molecule has 1 saturated carbocycles. The number of halogens is 1. The first-order chi connectivity index (χ1) is 9.53. The molecule has 2 fully saturated rings. The number of rotatable bonds is 4. The number of aromatic nitrogens is 1. The van der Waals surface area contributed by atoms with Gasteiger partial charge in [0.05, 0.1) is 5.02 Å². The van der Waals surface area contributed by atoms with Gasteiger partial charge in [0, 0.05) is 42.4 Å². The second kappa shape index (κ2) is 5.74. The van der Waals surface area contributed by atoms with Gasteiger partial charge in [-0.2, -0.15) is 11.8 Å². The second-order valence-electron chi connectivity index (χ2n) is 6.32. The van der Waals surface area contributed by atoms with Crippen LogP contribution >= 0.6 is 23.4 Å². The van der Waals surface area contributed by atoms with Gasteiger partial charge in [-0.25, -0.2) is 4.98 Å². The SMILES string of the molecule is CC1(C)CN(c2cc(CNC3CC3)c(Cl)cn2)CCS1. The van der Waals surface area contributed by atoms with E-state index in [1.165, 1.54) is 18.4 Å². The highest BCUT2D eigenvalue weighted by molar-refractivity contribution is 8.00. The predicted molar refractivity (Wildman–Crippen MR) is 87.9 cm³/mol. The molecule has 2 heterocycles. The first-order valence-electron chi connectivity index (χ1n) is 7.30. The normalized spacial score (nSPS) is 22.1. The topological polar surface area (TPSA) is 28.2 Å². The fraction of sp³-hybridized carbons (Fsp3) is 0.667. The molecule has 1 aliphatic heterocycles. The van der Waals surface area contributed by atoms with Crippen LogP contribution in [-0.4, -0.2) is 34.6 Å². The van der Waals surface area contributed by atoms with Gasteiger partial charge in [-0.1, -0.05) is 11.6 Å². The molecule has 3 rings (SSSR count). The molecule has 1 N–H and O–H groups in total. The number of hydrogen-bond acceptors (Lipinski definition) is 4. The van der Waals surface area contributed by atoms with Crippen LogP contribution in [0.5, 0.6) is 0 Å². The molecule has 1 aliphatic carbocycles. The van der Waals surface area contributed by atoms with Gasteiger partial charge in [0.25, 0.3) is 0 Å². The first-order valence-corrected chi connectivity index (χ1v) is 8.67. The van der Waals surface area contributed by atoms with E-state index in [9.17, 15) is 0 Å². The Morgan fingerprint density at radius 2 is 2.30 bits per heavy atom. The molecule has 0 amide bonds. The maximum Gasteiger partial charge on any atom is 0.128 e. The van der Waals surface area contributed by atoms with Crippen molar-refractivity contribution in [3.05, 3.63) is 22.8 Å². The number of hydrogen-bond donors (Lipinski definition) is 1. The maximum atomic E-state index is 6.27. The Balaban J connectivity index is 1.73. The molecule has 1 aromatic heterocycles. The Morgan fingerprint density at radius 3 is 3.00 bits per heavy atom. The molecule has 0 unspecified atom stereocenters. The summed E-state index contributed by atoms with van der Waals surface area (Å²) in [6.45, 7) is 7.57. The summed E-state index contributed by atoms with van der Waals surface area (Å²) in [5, 5.41) is 4.30. The number of pyridine rings is 1. The second-order valence-corrected chi connectivity index (χ2v) is 8.53. The van der Waals surface area contributed by atoms with Crippen LogP contribution < -0.4 is 10.2 Å². The van der Waals surface area contributed by atoms with Gasteiger partial charge in [0.1, 0.15) is 5.82 Å². The van der Waals surface area contributed by atoms with Crippen LogP contribution in [0.1, 0.15) is 32.3 Å². The van der Waals surface area contributed by atoms with Gasteiger partial charge in [-0.15, -0.1) is 0 Å². The summed E-state index contributed by atoms with van der Waals surface area (Å²) < 4.78 is 0.298. The van der Waals surface area contributed by atoms with Crippen molar-refractivity contribution in [1.29, 1.82) is 0 Å². The fourth-order valence-electron chi connectivity index (χ4n) is 2.53. The summed E-state index contributed by atoms with van der Waals surface area (Å²) in [4.78, 5) is 6.91. The summed E-state index contributed by atoms with van der Waals surface area (Å²) >= 11 is 8.31. The van der Waals surface area contributed by atoms with E-state index >= 15 is 0 Å². The smallest absolute Gasteiger partial charge is 0.128 e. The Hall–Kier alpha value is -0.450. The zero-order valence-corrected chi connectivity index (χ0v) is 13.7. The number of nitrogens with zero attached hydrogens (tertiary/aromatic N) is 2. The van der Waals surface area contributed by atoms with Gasteiger partial charge in [-0.3, -0.25) is 0 Å². The zero-order valence-electron chi connectivity index (χ0n) is 12.2. The third-order valence-electron chi connectivity index (χ3n) is 3.83. The van der Waals surface area contributed by atoms with Crippen molar-refractivity contribution >= 4 is 29.2 Å². The van der Waals surface area contributed by atoms with Crippen molar-refractivity contribution in [2.75, 3.05) is 23.7 Å². The van der Waals surface area contributed by atoms with Crippen LogP contribution in [0.4, 0.5) is 5.82 Å². The van der Waals surface area contributed by atoms with Gasteiger partial charge in [-0.05, 0) is 38.3 Å². The Kier molecular flexibility index (Phi) is 4.16. The van der Waals surface area contributed by atoms with Crippen LogP contribution in [0.15, 0.2) is 12.3 Å². The van der Waals surface area contributed by atoms with Crippen LogP contribution in [0.2, 0.25) is 5.02 Å². The first kappa shape index (κ1) is 14.5. The van der Waals surface area contributed by atoms with Crippen molar-refractivity contribution < 1.29 is 0 Å². The van der Waals surface area contributed by atoms with Gasteiger partial charge in [0.15, 0.2) is 0 Å². The lowest BCUT2D eigenvalue weighted by atomic mass is 10.1. The summed E-state index contributed by atoms with van der Waals surface area (Å²) in [6.07, 6.45) is 4.40. The monoisotopic (exact) mass is 311 g/mol. The molecule has 20 heavy (non-hydrogen) atoms. The lowest BCUT2D eigenvalue weighted by Crippen LogP contribution is -2.43. The summed E-state index contributed by atoms with van der Waals surface area (Å²) in [5.74, 6) is 2.22. The van der Waals surface area contributed by atoms with Crippen LogP contribution in [0.3, 0.4) is 0 Å². The molecule has 0 spiro atoms. The molecule has 1 saturated heterocycles. The third kappa shape index (κ3) is 3.60. The average molecular weight is 312 g/mol. The maximum absolute atomic E-state index is 6.27. The summed E-state index contributed by atoms with van der Waals surface area (Å²) in [6, 6.07) is 2.86. The third-order valence-corrected chi connectivity index (χ3v) is 5.47. The highest BCUT2D eigenvalue weighted by atomic mass is 35.5. The predicted octanol–water partition coefficient (Wildman–Crippen LogP) is 3.32. The molecule has 2 aliphatic rings. The minimum Gasteiger partial charge on any atom is -0.354 e. The molecule has 0 atom stereocenters. The van der Waals surface area contributed by atoms with Gasteiger partial charge < -0.3 is 10.2 Å². The van der Waals surface area contributed by atoms with Crippen LogP contribution in [-0.2, 0) is 6.54 Å². The van der Waals surface area contributed by atoms with Crippen LogP contribution in [0, 0.1) is 0 Å². The molecule has 5 heteroatoms. The molecule has 3 nitrogen and oxygen atoms in total. The van der Waals surface area contributed by atoms with E-state index in [1.807, 2.05) is 11.8 Å². The molecule has 0 radical (unpaired) electrons. The zero-order chi connectivity index (χ0) is 14.2. The Bertz CT molecular complexity index is 488. The minimum absolute atomic E-state index is 0.298. The lowest BCUT2D eigenvalue weighted by Gasteiger charge is -2.38. The van der Waals surface area contributed by atoms with Gasteiger partial charge >= 0.3 is 0 Å². The van der Waals surface area contributed by atoms with E-state index in [4.69, 9.17) is 11.6 Å². The molecule has 1 aromatic rings. The minimum atomic E-state index is 0.298. The Morgan fingerprint density at radius 1 is 1.50 bits per heavy atom. The van der Waals surface area contributed by atoms with Crippen LogP contribution in [0.25, 0.3) is 0 Å². The number of anilines is 1. The molecule has 110 valence electrons. The van der Waals surface area contributed by atoms with E-state index in [0.29, 0.717) is 10.8 Å². The van der Waals surface area contributed by atoms with Crippen molar-refractivity contribution in [2.45, 2.75) is 44.0 Å². The van der Waals surface area contributed by atoms with Crippen molar-refractivity contribution in [3.8, 4) is 0 Å². The lowest BCUT2D eigenvalue weighted by molar-refractivity contribution is 0.640. The van der Waals surface area contributed by atoms with Gasteiger partial charge in [0.2, 0.25) is 0 Å². The quantitative estimate of drug-likeness (QED) is 0.923. The van der Waals surface area contributed by atoms with E-state index in [0.717, 1.165) is 36.2 Å². The highest BCUT2D eigenvalue weighted by Crippen LogP contribution is 2.32. The molecular formula is C15H22ClN3S. The van der Waals surface area contributed by atoms with E-state index < -0.39 is 0 Å². The standard InChI is InChI=1S/C15H22ClN3S/c1-15(2)10-19(5-6-20-15)14-7-11(13(16)9-18-14)8-17-12-3-4-12/h7,9,12,17H,3-6,8,10H2,1-2H3. The van der Waals surface area contributed by atoms with E-state index in [2.05, 4.69) is 35.1 Å². The molecular weight excluding hydrogens is 290 g/mol.